The first kappa shape index (κ1) is 13.4. The fourth-order valence-corrected chi connectivity index (χ4v) is 2.42. The molecule has 6 nitrogen and oxygen atoms in total. The van der Waals surface area contributed by atoms with Crippen molar-refractivity contribution in [3.8, 4) is 11.3 Å². The van der Waals surface area contributed by atoms with Gasteiger partial charge in [0.25, 0.3) is 0 Å². The Morgan fingerprint density at radius 3 is 2.71 bits per heavy atom. The second-order valence-corrected chi connectivity index (χ2v) is 5.25. The van der Waals surface area contributed by atoms with Gasteiger partial charge in [-0.2, -0.15) is 5.10 Å². The van der Waals surface area contributed by atoms with E-state index in [1.165, 1.54) is 4.90 Å². The summed E-state index contributed by atoms with van der Waals surface area (Å²) in [4.78, 5) is 24.3. The molecule has 2 heterocycles. The number of nitrogens with one attached hydrogen (secondary N) is 1. The Labute approximate surface area is 121 Å². The van der Waals surface area contributed by atoms with Gasteiger partial charge in [-0.15, -0.1) is 0 Å². The topological polar surface area (TPSA) is 86.3 Å². The molecular weight excluding hydrogens is 270 g/mol. The van der Waals surface area contributed by atoms with Crippen LogP contribution in [-0.2, 0) is 9.59 Å². The summed E-state index contributed by atoms with van der Waals surface area (Å²) in [6.45, 7) is 2.18. The van der Waals surface area contributed by atoms with Crippen molar-refractivity contribution in [2.75, 3.05) is 11.4 Å². The lowest BCUT2D eigenvalue weighted by atomic mass is 10.1. The van der Waals surface area contributed by atoms with E-state index >= 15 is 0 Å². The molecule has 1 aliphatic heterocycles. The van der Waals surface area contributed by atoms with E-state index in [1.807, 2.05) is 31.2 Å². The van der Waals surface area contributed by atoms with Gasteiger partial charge in [-0.05, 0) is 12.5 Å². The number of aromatic amines is 1. The molecule has 1 atom stereocenters. The Balaban J connectivity index is 1.84. The molecule has 1 saturated heterocycles. The number of H-pyrrole nitrogens is 1. The van der Waals surface area contributed by atoms with E-state index in [0.29, 0.717) is 5.82 Å². The van der Waals surface area contributed by atoms with Gasteiger partial charge in [-0.25, -0.2) is 0 Å². The fraction of sp³-hybridized carbons (Fsp3) is 0.267. The third-order valence-corrected chi connectivity index (χ3v) is 3.68. The molecule has 1 fully saturated rings. The van der Waals surface area contributed by atoms with Gasteiger partial charge in [0, 0.05) is 19.0 Å². The largest absolute Gasteiger partial charge is 0.481 e. The second-order valence-electron chi connectivity index (χ2n) is 5.25. The zero-order valence-electron chi connectivity index (χ0n) is 11.5. The number of aryl methyl sites for hydroxylation is 1. The summed E-state index contributed by atoms with van der Waals surface area (Å²) in [5.41, 5.74) is 2.94. The number of aliphatic carboxylic acids is 1. The van der Waals surface area contributed by atoms with Crippen LogP contribution in [0.1, 0.15) is 12.0 Å². The maximum absolute atomic E-state index is 11.9. The molecule has 0 aliphatic carbocycles. The quantitative estimate of drug-likeness (QED) is 0.900. The zero-order chi connectivity index (χ0) is 15.0. The molecule has 0 spiro atoms. The van der Waals surface area contributed by atoms with Gasteiger partial charge < -0.3 is 5.11 Å². The summed E-state index contributed by atoms with van der Waals surface area (Å²) < 4.78 is 0. The minimum atomic E-state index is -0.944. The van der Waals surface area contributed by atoms with Crippen molar-refractivity contribution in [1.29, 1.82) is 0 Å². The third-order valence-electron chi connectivity index (χ3n) is 3.68. The predicted molar refractivity (Wildman–Crippen MR) is 76.9 cm³/mol. The summed E-state index contributed by atoms with van der Waals surface area (Å²) >= 11 is 0. The van der Waals surface area contributed by atoms with E-state index in [1.54, 1.807) is 6.07 Å². The van der Waals surface area contributed by atoms with Crippen LogP contribution in [0.2, 0.25) is 0 Å². The van der Waals surface area contributed by atoms with Gasteiger partial charge >= 0.3 is 5.97 Å². The maximum atomic E-state index is 11.9. The predicted octanol–water partition coefficient (Wildman–Crippen LogP) is 1.82. The molecule has 1 amide bonds. The molecule has 6 heteroatoms. The van der Waals surface area contributed by atoms with E-state index in [2.05, 4.69) is 10.2 Å². The van der Waals surface area contributed by atoms with Gasteiger partial charge in [0.15, 0.2) is 5.82 Å². The van der Waals surface area contributed by atoms with Gasteiger partial charge in [-0.1, -0.05) is 29.8 Å². The molecule has 2 aromatic rings. The van der Waals surface area contributed by atoms with Crippen molar-refractivity contribution in [3.63, 3.8) is 0 Å². The van der Waals surface area contributed by atoms with Crippen molar-refractivity contribution < 1.29 is 14.7 Å². The minimum Gasteiger partial charge on any atom is -0.481 e. The zero-order valence-corrected chi connectivity index (χ0v) is 11.5. The fourth-order valence-electron chi connectivity index (χ4n) is 2.42. The number of hydrogen-bond acceptors (Lipinski definition) is 3. The number of hydrogen-bond donors (Lipinski definition) is 2. The third kappa shape index (κ3) is 2.52. The van der Waals surface area contributed by atoms with Crippen LogP contribution in [-0.4, -0.2) is 33.7 Å². The van der Waals surface area contributed by atoms with Crippen LogP contribution in [0.5, 0.6) is 0 Å². The van der Waals surface area contributed by atoms with Crippen LogP contribution in [0.15, 0.2) is 30.3 Å². The first-order valence-electron chi connectivity index (χ1n) is 6.70. The van der Waals surface area contributed by atoms with Crippen LogP contribution in [0.3, 0.4) is 0 Å². The van der Waals surface area contributed by atoms with Gasteiger partial charge in [-0.3, -0.25) is 19.6 Å². The first-order valence-corrected chi connectivity index (χ1v) is 6.70. The SMILES string of the molecule is Cc1ccc(-c2cc(N3CC(C(=O)O)CC3=O)n[nH]2)cc1. The molecule has 2 N–H and O–H groups in total. The van der Waals surface area contributed by atoms with Crippen molar-refractivity contribution in [1.82, 2.24) is 10.2 Å². The highest BCUT2D eigenvalue weighted by Crippen LogP contribution is 2.27. The molecule has 0 bridgehead atoms. The average Bonchev–Trinajstić information content (AvgIpc) is 3.06. The highest BCUT2D eigenvalue weighted by atomic mass is 16.4. The molecule has 21 heavy (non-hydrogen) atoms. The Kier molecular flexibility index (Phi) is 3.21. The molecule has 1 aromatic heterocycles. The molecule has 1 unspecified atom stereocenters. The molecule has 1 aliphatic rings. The number of amides is 1. The van der Waals surface area contributed by atoms with Crippen molar-refractivity contribution >= 4 is 17.7 Å². The van der Waals surface area contributed by atoms with Crippen molar-refractivity contribution in [2.24, 2.45) is 5.92 Å². The lowest BCUT2D eigenvalue weighted by Gasteiger charge is -2.11. The monoisotopic (exact) mass is 285 g/mol. The summed E-state index contributed by atoms with van der Waals surface area (Å²) in [5, 5.41) is 16.0. The number of carbonyl (C=O) groups excluding carboxylic acids is 1. The minimum absolute atomic E-state index is 0.0298. The number of carboxylic acid groups (broad SMARTS) is 1. The highest BCUT2D eigenvalue weighted by Gasteiger charge is 2.36. The van der Waals surface area contributed by atoms with Gasteiger partial charge in [0.2, 0.25) is 5.91 Å². The number of carbonyl (C=O) groups is 2. The highest BCUT2D eigenvalue weighted by molar-refractivity contribution is 5.98. The van der Waals surface area contributed by atoms with Crippen molar-refractivity contribution in [2.45, 2.75) is 13.3 Å². The van der Waals surface area contributed by atoms with E-state index < -0.39 is 11.9 Å². The summed E-state index contributed by atoms with van der Waals surface area (Å²) in [5.74, 6) is -1.33. The number of anilines is 1. The molecular formula is C15H15N3O3. The molecule has 1 aromatic carbocycles. The molecule has 0 radical (unpaired) electrons. The van der Waals surface area contributed by atoms with Gasteiger partial charge in [0.05, 0.1) is 11.6 Å². The van der Waals surface area contributed by atoms with Crippen LogP contribution in [0.4, 0.5) is 5.82 Å². The van der Waals surface area contributed by atoms with Crippen LogP contribution >= 0.6 is 0 Å². The van der Waals surface area contributed by atoms with E-state index in [-0.39, 0.29) is 18.9 Å². The lowest BCUT2D eigenvalue weighted by molar-refractivity contribution is -0.141. The van der Waals surface area contributed by atoms with Crippen LogP contribution in [0.25, 0.3) is 11.3 Å². The number of benzene rings is 1. The number of carboxylic acids is 1. The number of nitrogens with zero attached hydrogens (tertiary/aromatic N) is 2. The summed E-state index contributed by atoms with van der Waals surface area (Å²) in [7, 11) is 0. The Hall–Kier alpha value is -2.63. The smallest absolute Gasteiger partial charge is 0.308 e. The second kappa shape index (κ2) is 5.05. The Morgan fingerprint density at radius 1 is 1.38 bits per heavy atom. The van der Waals surface area contributed by atoms with E-state index in [4.69, 9.17) is 5.11 Å². The normalized spacial score (nSPS) is 18.2. The first-order chi connectivity index (χ1) is 10.0. The van der Waals surface area contributed by atoms with Gasteiger partial charge in [0.1, 0.15) is 0 Å². The van der Waals surface area contributed by atoms with E-state index in [9.17, 15) is 9.59 Å². The molecule has 108 valence electrons. The van der Waals surface area contributed by atoms with Crippen LogP contribution in [0, 0.1) is 12.8 Å². The Bertz CT molecular complexity index is 690. The maximum Gasteiger partial charge on any atom is 0.308 e. The molecule has 3 rings (SSSR count). The number of aromatic nitrogens is 2. The van der Waals surface area contributed by atoms with E-state index in [0.717, 1.165) is 16.8 Å². The summed E-state index contributed by atoms with van der Waals surface area (Å²) in [6, 6.07) is 9.71. The molecule has 0 saturated carbocycles. The van der Waals surface area contributed by atoms with Crippen molar-refractivity contribution in [3.05, 3.63) is 35.9 Å². The summed E-state index contributed by atoms with van der Waals surface area (Å²) in [6.07, 6.45) is 0.0298. The lowest BCUT2D eigenvalue weighted by Crippen LogP contribution is -2.26. The Morgan fingerprint density at radius 2 is 2.10 bits per heavy atom. The van der Waals surface area contributed by atoms with Crippen LogP contribution < -0.4 is 4.90 Å². The number of rotatable bonds is 3. The standard InChI is InChI=1S/C15H15N3O3/c1-9-2-4-10(5-3-9)12-7-13(17-16-12)18-8-11(15(20)21)6-14(18)19/h2-5,7,11H,6,8H2,1H3,(H,16,17)(H,20,21). The average molecular weight is 285 g/mol.